The molecule has 0 amide bonds. The van der Waals surface area contributed by atoms with Crippen LogP contribution in [0.25, 0.3) is 22.2 Å². The molecule has 0 fully saturated rings. The lowest BCUT2D eigenvalue weighted by Crippen LogP contribution is -2.23. The minimum Gasteiger partial charge on any atom is -0.247 e. The highest BCUT2D eigenvalue weighted by Crippen LogP contribution is 2.42. The van der Waals surface area contributed by atoms with Gasteiger partial charge in [0.25, 0.3) is 0 Å². The minimum absolute atomic E-state index is 0.342. The number of aromatic nitrogens is 1. The molecule has 0 unspecified atom stereocenters. The molecule has 0 radical (unpaired) electrons. The van der Waals surface area contributed by atoms with Crippen LogP contribution in [0.2, 0.25) is 5.02 Å². The molecule has 0 saturated heterocycles. The van der Waals surface area contributed by atoms with Gasteiger partial charge in [-0.25, -0.2) is 4.98 Å². The van der Waals surface area contributed by atoms with Crippen molar-refractivity contribution in [3.63, 3.8) is 0 Å². The van der Waals surface area contributed by atoms with Crippen molar-refractivity contribution in [2.75, 3.05) is 0 Å². The number of para-hydroxylation sites is 1. The monoisotopic (exact) mass is 321 g/mol. The van der Waals surface area contributed by atoms with Gasteiger partial charge in [0.05, 0.1) is 11.2 Å². The second-order valence-electron chi connectivity index (χ2n) is 7.26. The van der Waals surface area contributed by atoms with Crippen molar-refractivity contribution in [1.29, 1.82) is 0 Å². The molecule has 3 aromatic rings. The smallest absolute Gasteiger partial charge is 0.0759 e. The molecule has 1 aliphatic carbocycles. The van der Waals surface area contributed by atoms with Gasteiger partial charge in [-0.05, 0) is 47.9 Å². The van der Waals surface area contributed by atoms with Crippen LogP contribution in [0, 0.1) is 5.41 Å². The summed E-state index contributed by atoms with van der Waals surface area (Å²) in [7, 11) is 0. The first-order chi connectivity index (χ1) is 11.1. The maximum absolute atomic E-state index is 6.47. The van der Waals surface area contributed by atoms with Gasteiger partial charge in [-0.1, -0.05) is 61.8 Å². The topological polar surface area (TPSA) is 12.9 Å². The molecule has 1 aliphatic rings. The number of hydrogen-bond donors (Lipinski definition) is 0. The van der Waals surface area contributed by atoms with Gasteiger partial charge in [0.2, 0.25) is 0 Å². The van der Waals surface area contributed by atoms with Crippen LogP contribution >= 0.6 is 11.6 Å². The molecule has 0 atom stereocenters. The number of rotatable bonds is 1. The highest BCUT2D eigenvalue weighted by Gasteiger charge is 2.29. The number of benzene rings is 2. The number of halogens is 1. The van der Waals surface area contributed by atoms with Crippen LogP contribution in [0.4, 0.5) is 0 Å². The SMILES string of the molecule is CC1(C)CCc2c(-c3ccccc3Cl)nc3ccccc3c2C1. The van der Waals surface area contributed by atoms with E-state index >= 15 is 0 Å². The van der Waals surface area contributed by atoms with E-state index in [4.69, 9.17) is 16.6 Å². The van der Waals surface area contributed by atoms with Crippen molar-refractivity contribution in [2.24, 2.45) is 5.41 Å². The third-order valence-electron chi connectivity index (χ3n) is 4.95. The molecular weight excluding hydrogens is 302 g/mol. The normalized spacial score (nSPS) is 16.3. The van der Waals surface area contributed by atoms with Gasteiger partial charge in [-0.15, -0.1) is 0 Å². The summed E-state index contributed by atoms with van der Waals surface area (Å²) < 4.78 is 0. The molecule has 0 bridgehead atoms. The molecular formula is C21H20ClN. The van der Waals surface area contributed by atoms with E-state index in [1.165, 1.54) is 22.9 Å². The Morgan fingerprint density at radius 3 is 2.52 bits per heavy atom. The highest BCUT2D eigenvalue weighted by atomic mass is 35.5. The zero-order valence-corrected chi connectivity index (χ0v) is 14.3. The van der Waals surface area contributed by atoms with Crippen LogP contribution in [0.1, 0.15) is 31.4 Å². The summed E-state index contributed by atoms with van der Waals surface area (Å²) in [6, 6.07) is 16.5. The largest absolute Gasteiger partial charge is 0.247 e. The van der Waals surface area contributed by atoms with Crippen LogP contribution in [0.15, 0.2) is 48.5 Å². The lowest BCUT2D eigenvalue weighted by atomic mass is 9.72. The summed E-state index contributed by atoms with van der Waals surface area (Å²) in [6.45, 7) is 4.72. The first-order valence-corrected chi connectivity index (χ1v) is 8.58. The van der Waals surface area contributed by atoms with E-state index in [9.17, 15) is 0 Å². The van der Waals surface area contributed by atoms with Crippen LogP contribution in [0.3, 0.4) is 0 Å². The second kappa shape index (κ2) is 5.35. The first-order valence-electron chi connectivity index (χ1n) is 8.21. The van der Waals surface area contributed by atoms with Crippen molar-refractivity contribution in [3.8, 4) is 11.3 Å². The Balaban J connectivity index is 2.05. The van der Waals surface area contributed by atoms with Crippen LogP contribution < -0.4 is 0 Å². The predicted molar refractivity (Wildman–Crippen MR) is 98.0 cm³/mol. The zero-order chi connectivity index (χ0) is 16.0. The molecule has 1 nitrogen and oxygen atoms in total. The van der Waals surface area contributed by atoms with Crippen LogP contribution in [0.5, 0.6) is 0 Å². The molecule has 2 aromatic carbocycles. The Labute approximate surface area is 142 Å². The fourth-order valence-electron chi connectivity index (χ4n) is 3.70. The minimum atomic E-state index is 0.342. The standard InChI is InChI=1S/C21H20ClN/c1-21(2)12-11-15-17(13-21)14-7-4-6-10-19(14)23-20(15)16-8-3-5-9-18(16)22/h3-10H,11-13H2,1-2H3. The summed E-state index contributed by atoms with van der Waals surface area (Å²) in [5.41, 5.74) is 6.38. The van der Waals surface area contributed by atoms with Crippen molar-refractivity contribution >= 4 is 22.5 Å². The van der Waals surface area contributed by atoms with E-state index in [1.807, 2.05) is 18.2 Å². The van der Waals surface area contributed by atoms with Gasteiger partial charge in [0, 0.05) is 16.0 Å². The Hall–Kier alpha value is -1.86. The van der Waals surface area contributed by atoms with E-state index in [1.54, 1.807) is 0 Å². The summed E-state index contributed by atoms with van der Waals surface area (Å²) in [6.07, 6.45) is 3.36. The Bertz CT molecular complexity index is 895. The fourth-order valence-corrected chi connectivity index (χ4v) is 3.92. The van der Waals surface area contributed by atoms with Crippen molar-refractivity contribution in [2.45, 2.75) is 33.1 Å². The molecule has 1 aromatic heterocycles. The third kappa shape index (κ3) is 2.53. The van der Waals surface area contributed by atoms with E-state index in [2.05, 4.69) is 44.2 Å². The van der Waals surface area contributed by atoms with E-state index in [-0.39, 0.29) is 0 Å². The summed E-state index contributed by atoms with van der Waals surface area (Å²) >= 11 is 6.47. The summed E-state index contributed by atoms with van der Waals surface area (Å²) in [5, 5.41) is 2.08. The Morgan fingerprint density at radius 1 is 0.957 bits per heavy atom. The molecule has 1 heterocycles. The van der Waals surface area contributed by atoms with E-state index < -0.39 is 0 Å². The molecule has 116 valence electrons. The number of hydrogen-bond acceptors (Lipinski definition) is 1. The number of nitrogens with zero attached hydrogens (tertiary/aromatic N) is 1. The maximum atomic E-state index is 6.47. The number of pyridine rings is 1. The summed E-state index contributed by atoms with van der Waals surface area (Å²) in [5.74, 6) is 0. The molecule has 0 saturated carbocycles. The van der Waals surface area contributed by atoms with E-state index in [0.29, 0.717) is 5.41 Å². The van der Waals surface area contributed by atoms with Crippen LogP contribution in [-0.2, 0) is 12.8 Å². The summed E-state index contributed by atoms with van der Waals surface area (Å²) in [4.78, 5) is 4.98. The van der Waals surface area contributed by atoms with Crippen LogP contribution in [-0.4, -0.2) is 4.98 Å². The lowest BCUT2D eigenvalue weighted by molar-refractivity contribution is 0.317. The van der Waals surface area contributed by atoms with Gasteiger partial charge >= 0.3 is 0 Å². The van der Waals surface area contributed by atoms with Gasteiger partial charge < -0.3 is 0 Å². The molecule has 23 heavy (non-hydrogen) atoms. The van der Waals surface area contributed by atoms with E-state index in [0.717, 1.165) is 34.6 Å². The number of fused-ring (bicyclic) bond motifs is 3. The van der Waals surface area contributed by atoms with Crippen molar-refractivity contribution in [3.05, 3.63) is 64.7 Å². The fraction of sp³-hybridized carbons (Fsp3) is 0.286. The zero-order valence-electron chi connectivity index (χ0n) is 13.6. The quantitative estimate of drug-likeness (QED) is 0.530. The second-order valence-corrected chi connectivity index (χ2v) is 7.66. The van der Waals surface area contributed by atoms with Crippen molar-refractivity contribution < 1.29 is 0 Å². The van der Waals surface area contributed by atoms with Gasteiger partial charge in [-0.3, -0.25) is 0 Å². The lowest BCUT2D eigenvalue weighted by Gasteiger charge is -2.33. The first kappa shape index (κ1) is 14.7. The molecule has 0 N–H and O–H groups in total. The van der Waals surface area contributed by atoms with Gasteiger partial charge in [0.15, 0.2) is 0 Å². The van der Waals surface area contributed by atoms with Crippen molar-refractivity contribution in [1.82, 2.24) is 4.98 Å². The molecule has 0 aliphatic heterocycles. The average Bonchev–Trinajstić information content (AvgIpc) is 2.54. The maximum Gasteiger partial charge on any atom is 0.0759 e. The highest BCUT2D eigenvalue weighted by molar-refractivity contribution is 6.33. The third-order valence-corrected chi connectivity index (χ3v) is 5.28. The van der Waals surface area contributed by atoms with Gasteiger partial charge in [-0.2, -0.15) is 0 Å². The molecule has 4 rings (SSSR count). The Morgan fingerprint density at radius 2 is 1.70 bits per heavy atom. The molecule has 0 spiro atoms. The average molecular weight is 322 g/mol. The Kier molecular flexibility index (Phi) is 3.42. The predicted octanol–water partition coefficient (Wildman–Crippen LogP) is 6.07. The van der Waals surface area contributed by atoms with Gasteiger partial charge in [0.1, 0.15) is 0 Å². The molecule has 2 heteroatoms.